The molecule has 0 aliphatic carbocycles. The summed E-state index contributed by atoms with van der Waals surface area (Å²) in [4.78, 5) is 23.6. The van der Waals surface area contributed by atoms with Crippen molar-refractivity contribution in [2.45, 2.75) is 6.54 Å². The molecule has 0 saturated carbocycles. The number of aromatic carboxylic acids is 1. The van der Waals surface area contributed by atoms with E-state index < -0.39 is 12.0 Å². The molecule has 1 heterocycles. The lowest BCUT2D eigenvalue weighted by Gasteiger charge is -2.08. The molecule has 1 aromatic heterocycles. The summed E-state index contributed by atoms with van der Waals surface area (Å²) in [7, 11) is 0. The minimum absolute atomic E-state index is 0.00263. The van der Waals surface area contributed by atoms with Crippen molar-refractivity contribution in [2.75, 3.05) is 5.32 Å². The summed E-state index contributed by atoms with van der Waals surface area (Å²) in [5.74, 6) is -1.12. The normalized spacial score (nSPS) is 10.2. The lowest BCUT2D eigenvalue weighted by atomic mass is 10.2. The van der Waals surface area contributed by atoms with Gasteiger partial charge in [0.2, 0.25) is 0 Å². The Balaban J connectivity index is 1.97. The van der Waals surface area contributed by atoms with Crippen LogP contribution in [-0.4, -0.2) is 17.1 Å². The van der Waals surface area contributed by atoms with E-state index in [9.17, 15) is 9.59 Å². The second kappa shape index (κ2) is 6.80. The van der Waals surface area contributed by atoms with E-state index in [4.69, 9.17) is 28.3 Å². The topological polar surface area (TPSA) is 78.4 Å². The van der Waals surface area contributed by atoms with Gasteiger partial charge >= 0.3 is 12.0 Å². The summed E-state index contributed by atoms with van der Waals surface area (Å²) in [6, 6.07) is 7.21. The second-order valence-electron chi connectivity index (χ2n) is 4.05. The number of benzene rings is 1. The Bertz CT molecular complexity index is 688. The average Bonchev–Trinajstić information content (AvgIpc) is 2.81. The molecule has 2 amide bonds. The number of urea groups is 1. The van der Waals surface area contributed by atoms with Gasteiger partial charge in [0, 0.05) is 15.6 Å². The Labute approximate surface area is 134 Å². The molecule has 1 aromatic carbocycles. The van der Waals surface area contributed by atoms with E-state index in [2.05, 4.69) is 10.6 Å². The van der Waals surface area contributed by atoms with Gasteiger partial charge in [-0.1, -0.05) is 23.2 Å². The molecule has 8 heteroatoms. The fourth-order valence-electron chi connectivity index (χ4n) is 1.57. The van der Waals surface area contributed by atoms with Crippen LogP contribution < -0.4 is 10.6 Å². The van der Waals surface area contributed by atoms with Gasteiger partial charge in [-0.05, 0) is 30.3 Å². The molecule has 0 fully saturated rings. The monoisotopic (exact) mass is 344 g/mol. The Morgan fingerprint density at radius 1 is 1.19 bits per heavy atom. The molecule has 2 aromatic rings. The first-order valence-corrected chi connectivity index (χ1v) is 7.34. The molecule has 110 valence electrons. The summed E-state index contributed by atoms with van der Waals surface area (Å²) in [5, 5.41) is 14.3. The van der Waals surface area contributed by atoms with Crippen molar-refractivity contribution in [3.8, 4) is 0 Å². The maximum atomic E-state index is 11.7. The average molecular weight is 345 g/mol. The smallest absolute Gasteiger partial charge is 0.335 e. The van der Waals surface area contributed by atoms with Crippen molar-refractivity contribution < 1.29 is 14.7 Å². The van der Waals surface area contributed by atoms with Crippen LogP contribution in [0, 0.1) is 0 Å². The zero-order chi connectivity index (χ0) is 15.4. The fraction of sp³-hybridized carbons (Fsp3) is 0.0769. The van der Waals surface area contributed by atoms with Gasteiger partial charge in [0.1, 0.15) is 0 Å². The number of halogens is 2. The van der Waals surface area contributed by atoms with E-state index in [1.54, 1.807) is 6.07 Å². The molecule has 0 saturated heterocycles. The molecular formula is C13H10Cl2N2O3S. The van der Waals surface area contributed by atoms with Crippen LogP contribution in [0.15, 0.2) is 30.3 Å². The second-order valence-corrected chi connectivity index (χ2v) is 6.28. The molecule has 0 aliphatic rings. The predicted octanol–water partition coefficient (Wildman–Crippen LogP) is 4.07. The number of amides is 2. The molecule has 0 unspecified atom stereocenters. The molecule has 0 bridgehead atoms. The highest BCUT2D eigenvalue weighted by Gasteiger charge is 2.09. The number of carbonyl (C=O) groups excluding carboxylic acids is 1. The van der Waals surface area contributed by atoms with E-state index in [0.717, 1.165) is 4.88 Å². The summed E-state index contributed by atoms with van der Waals surface area (Å²) in [6.45, 7) is 0.329. The van der Waals surface area contributed by atoms with Crippen LogP contribution >= 0.6 is 34.5 Å². The first kappa shape index (κ1) is 15.6. The van der Waals surface area contributed by atoms with Gasteiger partial charge < -0.3 is 15.7 Å². The molecule has 2 rings (SSSR count). The van der Waals surface area contributed by atoms with Gasteiger partial charge in [-0.2, -0.15) is 0 Å². The molecule has 0 radical (unpaired) electrons. The van der Waals surface area contributed by atoms with Crippen molar-refractivity contribution in [2.24, 2.45) is 0 Å². The maximum absolute atomic E-state index is 11.7. The number of anilines is 1. The number of carboxylic acids is 1. The van der Waals surface area contributed by atoms with Crippen LogP contribution in [0.25, 0.3) is 0 Å². The van der Waals surface area contributed by atoms with Crippen molar-refractivity contribution in [1.82, 2.24) is 5.32 Å². The van der Waals surface area contributed by atoms with E-state index >= 15 is 0 Å². The largest absolute Gasteiger partial charge is 0.478 e. The summed E-state index contributed by atoms with van der Waals surface area (Å²) in [6.07, 6.45) is 0. The quantitative estimate of drug-likeness (QED) is 0.781. The van der Waals surface area contributed by atoms with Crippen LogP contribution in [0.3, 0.4) is 0 Å². The number of hydrogen-bond donors (Lipinski definition) is 3. The van der Waals surface area contributed by atoms with Gasteiger partial charge in [0.15, 0.2) is 0 Å². The van der Waals surface area contributed by atoms with Gasteiger partial charge in [-0.25, -0.2) is 9.59 Å². The first-order chi connectivity index (χ1) is 9.94. The van der Waals surface area contributed by atoms with Crippen LogP contribution in [0.1, 0.15) is 15.2 Å². The van der Waals surface area contributed by atoms with Crippen molar-refractivity contribution in [3.63, 3.8) is 0 Å². The van der Waals surface area contributed by atoms with E-state index in [1.165, 1.54) is 29.5 Å². The molecule has 0 aliphatic heterocycles. The van der Waals surface area contributed by atoms with Crippen LogP contribution in [0.4, 0.5) is 10.5 Å². The highest BCUT2D eigenvalue weighted by molar-refractivity contribution is 7.16. The van der Waals surface area contributed by atoms with Crippen molar-refractivity contribution >= 4 is 52.2 Å². The van der Waals surface area contributed by atoms with Crippen LogP contribution in [-0.2, 0) is 6.54 Å². The van der Waals surface area contributed by atoms with Gasteiger partial charge in [0.25, 0.3) is 0 Å². The van der Waals surface area contributed by atoms with E-state index in [0.29, 0.717) is 16.6 Å². The molecule has 3 N–H and O–H groups in total. The summed E-state index contributed by atoms with van der Waals surface area (Å²) in [5.41, 5.74) is 0.310. The van der Waals surface area contributed by atoms with Gasteiger partial charge in [-0.3, -0.25) is 0 Å². The molecule has 21 heavy (non-hydrogen) atoms. The lowest BCUT2D eigenvalue weighted by Crippen LogP contribution is -2.27. The highest BCUT2D eigenvalue weighted by Crippen LogP contribution is 2.21. The molecule has 0 atom stereocenters. The Hall–Kier alpha value is -1.76. The predicted molar refractivity (Wildman–Crippen MR) is 83.6 cm³/mol. The summed E-state index contributed by atoms with van der Waals surface area (Å²) >= 11 is 13.0. The van der Waals surface area contributed by atoms with Gasteiger partial charge in [0.05, 0.1) is 16.4 Å². The third-order valence-corrected chi connectivity index (χ3v) is 3.90. The minimum Gasteiger partial charge on any atom is -0.478 e. The number of carbonyl (C=O) groups is 2. The third kappa shape index (κ3) is 4.63. The van der Waals surface area contributed by atoms with Crippen molar-refractivity contribution in [3.05, 3.63) is 50.1 Å². The standard InChI is InChI=1S/C13H10Cl2N2O3S/c14-8-3-7(12(18)19)4-9(5-8)17-13(20)16-6-10-1-2-11(15)21-10/h1-5H,6H2,(H,18,19)(H2,16,17,20). The Morgan fingerprint density at radius 3 is 2.57 bits per heavy atom. The number of carboxylic acid groups (broad SMARTS) is 1. The van der Waals surface area contributed by atoms with E-state index in [1.807, 2.05) is 6.07 Å². The van der Waals surface area contributed by atoms with Crippen molar-refractivity contribution in [1.29, 1.82) is 0 Å². The SMILES string of the molecule is O=C(NCc1ccc(Cl)s1)Nc1cc(Cl)cc(C(=O)O)c1. The zero-order valence-electron chi connectivity index (χ0n) is 10.5. The molecule has 5 nitrogen and oxygen atoms in total. The third-order valence-electron chi connectivity index (χ3n) is 2.45. The van der Waals surface area contributed by atoms with Crippen LogP contribution in [0.2, 0.25) is 9.36 Å². The zero-order valence-corrected chi connectivity index (χ0v) is 12.9. The number of nitrogens with one attached hydrogen (secondary N) is 2. The van der Waals surface area contributed by atoms with Gasteiger partial charge in [-0.15, -0.1) is 11.3 Å². The first-order valence-electron chi connectivity index (χ1n) is 5.77. The number of hydrogen-bond acceptors (Lipinski definition) is 3. The number of thiophene rings is 1. The maximum Gasteiger partial charge on any atom is 0.335 e. The summed E-state index contributed by atoms with van der Waals surface area (Å²) < 4.78 is 0.646. The van der Waals surface area contributed by atoms with E-state index in [-0.39, 0.29) is 10.6 Å². The Kier molecular flexibility index (Phi) is 5.06. The molecular weight excluding hydrogens is 335 g/mol. The highest BCUT2D eigenvalue weighted by atomic mass is 35.5. The van der Waals surface area contributed by atoms with Crippen LogP contribution in [0.5, 0.6) is 0 Å². The molecule has 0 spiro atoms. The lowest BCUT2D eigenvalue weighted by molar-refractivity contribution is 0.0697. The minimum atomic E-state index is -1.12. The Morgan fingerprint density at radius 2 is 1.95 bits per heavy atom. The number of rotatable bonds is 4. The fourth-order valence-corrected chi connectivity index (χ4v) is 2.84.